The van der Waals surface area contributed by atoms with Crippen LogP contribution in [0.25, 0.3) is 0 Å². The first-order valence-corrected chi connectivity index (χ1v) is 10.1. The van der Waals surface area contributed by atoms with Crippen molar-refractivity contribution in [2.45, 2.75) is 22.8 Å². The molecule has 2 aromatic rings. The zero-order chi connectivity index (χ0) is 15.9. The van der Waals surface area contributed by atoms with E-state index in [1.165, 1.54) is 5.56 Å². The van der Waals surface area contributed by atoms with E-state index in [0.29, 0.717) is 18.0 Å². The normalized spacial score (nSPS) is 17.9. The predicted molar refractivity (Wildman–Crippen MR) is 93.4 cm³/mol. The highest BCUT2D eigenvalue weighted by Crippen LogP contribution is 2.34. The molecule has 0 bridgehead atoms. The molecule has 2 aliphatic heterocycles. The number of sulfonamides is 1. The van der Waals surface area contributed by atoms with Gasteiger partial charge in [-0.05, 0) is 35.7 Å². The summed E-state index contributed by atoms with van der Waals surface area (Å²) in [5.74, 6) is 1.02. The van der Waals surface area contributed by atoms with E-state index in [0.717, 1.165) is 34.9 Å². The molecular formula is C17H18N2O2S2. The minimum absolute atomic E-state index is 0.380. The molecule has 0 fully saturated rings. The molecule has 4 nitrogen and oxygen atoms in total. The summed E-state index contributed by atoms with van der Waals surface area (Å²) in [5.41, 5.74) is 3.29. The van der Waals surface area contributed by atoms with Gasteiger partial charge in [0, 0.05) is 36.0 Å². The number of anilines is 1. The van der Waals surface area contributed by atoms with Crippen molar-refractivity contribution in [3.05, 3.63) is 53.6 Å². The van der Waals surface area contributed by atoms with E-state index >= 15 is 0 Å². The van der Waals surface area contributed by atoms with Gasteiger partial charge in [0.25, 0.3) is 0 Å². The summed E-state index contributed by atoms with van der Waals surface area (Å²) >= 11 is 1.76. The van der Waals surface area contributed by atoms with Crippen LogP contribution in [0, 0.1) is 0 Å². The van der Waals surface area contributed by atoms with Crippen LogP contribution in [-0.2, 0) is 23.0 Å². The van der Waals surface area contributed by atoms with Crippen LogP contribution in [0.3, 0.4) is 0 Å². The second-order valence-corrected chi connectivity index (χ2v) is 8.87. The first-order chi connectivity index (χ1) is 11.1. The van der Waals surface area contributed by atoms with Gasteiger partial charge in [-0.1, -0.05) is 24.3 Å². The molecule has 0 atom stereocenters. The van der Waals surface area contributed by atoms with Crippen molar-refractivity contribution in [2.75, 3.05) is 24.2 Å². The first-order valence-electron chi connectivity index (χ1n) is 7.72. The molecule has 4 rings (SSSR count). The average molecular weight is 346 g/mol. The molecule has 2 aromatic carbocycles. The molecular weight excluding hydrogens is 328 g/mol. The Labute approximate surface area is 140 Å². The molecule has 2 aliphatic rings. The second-order valence-electron chi connectivity index (χ2n) is 5.79. The van der Waals surface area contributed by atoms with Crippen molar-refractivity contribution in [3.63, 3.8) is 0 Å². The molecule has 6 heteroatoms. The summed E-state index contributed by atoms with van der Waals surface area (Å²) in [6.45, 7) is 1.87. The van der Waals surface area contributed by atoms with Gasteiger partial charge < -0.3 is 5.32 Å². The third-order valence-corrected chi connectivity index (χ3v) is 7.28. The minimum atomic E-state index is -3.45. The molecule has 0 saturated carbocycles. The van der Waals surface area contributed by atoms with Crippen LogP contribution in [0.4, 0.5) is 5.69 Å². The quantitative estimate of drug-likeness (QED) is 0.908. The smallest absolute Gasteiger partial charge is 0.243 e. The van der Waals surface area contributed by atoms with E-state index in [2.05, 4.69) is 11.4 Å². The highest BCUT2D eigenvalue weighted by atomic mass is 32.2. The zero-order valence-electron chi connectivity index (χ0n) is 12.7. The summed E-state index contributed by atoms with van der Waals surface area (Å²) < 4.78 is 27.5. The number of fused-ring (bicyclic) bond motifs is 2. The van der Waals surface area contributed by atoms with Gasteiger partial charge in [0.05, 0.1) is 4.90 Å². The van der Waals surface area contributed by atoms with Gasteiger partial charge >= 0.3 is 0 Å². The Kier molecular flexibility index (Phi) is 3.83. The van der Waals surface area contributed by atoms with Gasteiger partial charge in [0.2, 0.25) is 10.0 Å². The number of hydrogen-bond donors (Lipinski definition) is 1. The molecule has 0 aliphatic carbocycles. The van der Waals surface area contributed by atoms with Crippen LogP contribution < -0.4 is 5.32 Å². The molecule has 120 valence electrons. The van der Waals surface area contributed by atoms with Crippen molar-refractivity contribution in [2.24, 2.45) is 0 Å². The molecule has 2 heterocycles. The first kappa shape index (κ1) is 15.1. The maximum Gasteiger partial charge on any atom is 0.243 e. The lowest BCUT2D eigenvalue weighted by Gasteiger charge is -2.28. The van der Waals surface area contributed by atoms with Gasteiger partial charge in [-0.15, -0.1) is 11.8 Å². The Hall–Kier alpha value is -1.50. The van der Waals surface area contributed by atoms with E-state index in [1.54, 1.807) is 28.2 Å². The summed E-state index contributed by atoms with van der Waals surface area (Å²) in [7, 11) is -3.45. The van der Waals surface area contributed by atoms with Crippen LogP contribution in [0.2, 0.25) is 0 Å². The lowest BCUT2D eigenvalue weighted by molar-refractivity contribution is 0.391. The maximum absolute atomic E-state index is 13.0. The highest BCUT2D eigenvalue weighted by Gasteiger charge is 2.29. The summed E-state index contributed by atoms with van der Waals surface area (Å²) in [5, 5.41) is 3.29. The van der Waals surface area contributed by atoms with Crippen LogP contribution in [0.1, 0.15) is 11.1 Å². The molecule has 0 aromatic heterocycles. The number of hydrogen-bond acceptors (Lipinski definition) is 4. The van der Waals surface area contributed by atoms with Crippen LogP contribution in [0.15, 0.2) is 52.3 Å². The van der Waals surface area contributed by atoms with Crippen molar-refractivity contribution >= 4 is 27.5 Å². The fourth-order valence-electron chi connectivity index (χ4n) is 3.10. The minimum Gasteiger partial charge on any atom is -0.383 e. The Bertz CT molecular complexity index is 849. The third kappa shape index (κ3) is 2.75. The zero-order valence-corrected chi connectivity index (χ0v) is 14.3. The molecule has 1 N–H and O–H groups in total. The van der Waals surface area contributed by atoms with Crippen molar-refractivity contribution in [1.29, 1.82) is 0 Å². The van der Waals surface area contributed by atoms with Crippen LogP contribution >= 0.6 is 11.8 Å². The lowest BCUT2D eigenvalue weighted by atomic mass is 10.0. The van der Waals surface area contributed by atoms with E-state index in [9.17, 15) is 8.42 Å². The van der Waals surface area contributed by atoms with Crippen LogP contribution in [-0.4, -0.2) is 31.6 Å². The van der Waals surface area contributed by atoms with Crippen molar-refractivity contribution < 1.29 is 8.42 Å². The Morgan fingerprint density at radius 2 is 1.91 bits per heavy atom. The molecule has 0 radical (unpaired) electrons. The van der Waals surface area contributed by atoms with Crippen LogP contribution in [0.5, 0.6) is 0 Å². The summed E-state index contributed by atoms with van der Waals surface area (Å²) in [4.78, 5) is 1.50. The van der Waals surface area contributed by atoms with Gasteiger partial charge in [0.15, 0.2) is 0 Å². The summed E-state index contributed by atoms with van der Waals surface area (Å²) in [6, 6.07) is 13.5. The van der Waals surface area contributed by atoms with Gasteiger partial charge in [-0.3, -0.25) is 0 Å². The fraction of sp³-hybridized carbons (Fsp3) is 0.294. The number of nitrogens with zero attached hydrogens (tertiary/aromatic N) is 1. The largest absolute Gasteiger partial charge is 0.383 e. The Morgan fingerprint density at radius 1 is 1.09 bits per heavy atom. The van der Waals surface area contributed by atoms with Gasteiger partial charge in [0.1, 0.15) is 0 Å². The molecule has 0 spiro atoms. The fourth-order valence-corrected chi connectivity index (χ4v) is 5.42. The molecule has 0 unspecified atom stereocenters. The number of thioether (sulfide) groups is 1. The monoisotopic (exact) mass is 346 g/mol. The number of rotatable bonds is 2. The number of nitrogens with one attached hydrogen (secondary N) is 1. The molecule has 0 saturated heterocycles. The number of benzene rings is 2. The third-order valence-electron chi connectivity index (χ3n) is 4.36. The highest BCUT2D eigenvalue weighted by molar-refractivity contribution is 7.99. The second kappa shape index (κ2) is 5.85. The Morgan fingerprint density at radius 3 is 2.78 bits per heavy atom. The Balaban J connectivity index is 1.66. The topological polar surface area (TPSA) is 49.4 Å². The van der Waals surface area contributed by atoms with E-state index < -0.39 is 10.0 Å². The van der Waals surface area contributed by atoms with E-state index in [1.807, 2.05) is 24.3 Å². The van der Waals surface area contributed by atoms with E-state index in [4.69, 9.17) is 0 Å². The van der Waals surface area contributed by atoms with Gasteiger partial charge in [-0.25, -0.2) is 8.42 Å². The standard InChI is InChI=1S/C17H18N2O2S2/c20-23(21,15-5-6-17-16(11-15)18-8-10-22-17)19-9-7-13-3-1-2-4-14(13)12-19/h1-6,11,18H,7-10,12H2. The summed E-state index contributed by atoms with van der Waals surface area (Å²) in [6.07, 6.45) is 0.772. The lowest BCUT2D eigenvalue weighted by Crippen LogP contribution is -2.36. The van der Waals surface area contributed by atoms with Gasteiger partial charge in [-0.2, -0.15) is 4.31 Å². The SMILES string of the molecule is O=S(=O)(c1ccc2c(c1)NCCS2)N1CCc2ccccc2C1. The molecule has 23 heavy (non-hydrogen) atoms. The predicted octanol–water partition coefficient (Wildman–Crippen LogP) is 2.95. The maximum atomic E-state index is 13.0. The average Bonchev–Trinajstić information content (AvgIpc) is 2.61. The van der Waals surface area contributed by atoms with E-state index in [-0.39, 0.29) is 0 Å². The van der Waals surface area contributed by atoms with Crippen molar-refractivity contribution in [1.82, 2.24) is 4.31 Å². The molecule has 0 amide bonds. The van der Waals surface area contributed by atoms with Crippen molar-refractivity contribution in [3.8, 4) is 0 Å².